The van der Waals surface area contributed by atoms with Gasteiger partial charge in [-0.25, -0.2) is 0 Å². The SMILES string of the molecule is CNCc1cc(Br)c(OCC(C)(C)C(=O)OC)c(OC)c1. The van der Waals surface area contributed by atoms with E-state index in [9.17, 15) is 4.79 Å². The normalized spacial score (nSPS) is 11.1. The van der Waals surface area contributed by atoms with Crippen molar-refractivity contribution in [1.82, 2.24) is 5.32 Å². The number of hydrogen-bond donors (Lipinski definition) is 1. The third-order valence-electron chi connectivity index (χ3n) is 2.99. The Kier molecular flexibility index (Phi) is 6.48. The zero-order chi connectivity index (χ0) is 16.0. The molecule has 21 heavy (non-hydrogen) atoms. The van der Waals surface area contributed by atoms with Gasteiger partial charge in [-0.1, -0.05) is 0 Å². The molecule has 0 amide bonds. The van der Waals surface area contributed by atoms with E-state index in [0.29, 0.717) is 11.5 Å². The van der Waals surface area contributed by atoms with Crippen molar-refractivity contribution in [2.75, 3.05) is 27.9 Å². The molecule has 5 nitrogen and oxygen atoms in total. The Labute approximate surface area is 134 Å². The number of rotatable bonds is 7. The van der Waals surface area contributed by atoms with E-state index in [1.165, 1.54) is 7.11 Å². The Morgan fingerprint density at radius 2 is 2.00 bits per heavy atom. The Balaban J connectivity index is 2.95. The van der Waals surface area contributed by atoms with Gasteiger partial charge >= 0.3 is 5.97 Å². The van der Waals surface area contributed by atoms with Crippen LogP contribution in [0.3, 0.4) is 0 Å². The lowest BCUT2D eigenvalue weighted by atomic mass is 9.95. The first-order valence-corrected chi connectivity index (χ1v) is 7.37. The van der Waals surface area contributed by atoms with Crippen molar-refractivity contribution in [1.29, 1.82) is 0 Å². The van der Waals surface area contributed by atoms with Crippen molar-refractivity contribution >= 4 is 21.9 Å². The van der Waals surface area contributed by atoms with E-state index in [4.69, 9.17) is 14.2 Å². The van der Waals surface area contributed by atoms with Crippen LogP contribution in [0.15, 0.2) is 16.6 Å². The number of methoxy groups -OCH3 is 2. The summed E-state index contributed by atoms with van der Waals surface area (Å²) in [5.74, 6) is 0.883. The maximum absolute atomic E-state index is 11.7. The highest BCUT2D eigenvalue weighted by atomic mass is 79.9. The Bertz CT molecular complexity index is 503. The second-order valence-electron chi connectivity index (χ2n) is 5.30. The lowest BCUT2D eigenvalue weighted by Crippen LogP contribution is -2.32. The average molecular weight is 360 g/mol. The van der Waals surface area contributed by atoms with E-state index in [1.54, 1.807) is 21.0 Å². The van der Waals surface area contributed by atoms with Crippen molar-refractivity contribution in [3.8, 4) is 11.5 Å². The lowest BCUT2D eigenvalue weighted by Gasteiger charge is -2.23. The fraction of sp³-hybridized carbons (Fsp3) is 0.533. The van der Waals surface area contributed by atoms with Crippen LogP contribution < -0.4 is 14.8 Å². The summed E-state index contributed by atoms with van der Waals surface area (Å²) in [4.78, 5) is 11.7. The molecule has 0 aliphatic carbocycles. The molecule has 0 aliphatic heterocycles. The molecule has 0 aromatic heterocycles. The van der Waals surface area contributed by atoms with Crippen LogP contribution >= 0.6 is 15.9 Å². The molecule has 0 bridgehead atoms. The standard InChI is InChI=1S/C15H22BrNO4/c1-15(2,14(18)20-5)9-21-13-11(16)6-10(8-17-3)7-12(13)19-4/h6-7,17H,8-9H2,1-5H3. The zero-order valence-electron chi connectivity index (χ0n) is 13.1. The minimum atomic E-state index is -0.733. The first kappa shape index (κ1) is 17.8. The molecule has 0 saturated heterocycles. The number of carbonyl (C=O) groups is 1. The van der Waals surface area contributed by atoms with E-state index in [2.05, 4.69) is 21.2 Å². The molecule has 0 aliphatic rings. The molecule has 6 heteroatoms. The third kappa shape index (κ3) is 4.61. The fourth-order valence-electron chi connectivity index (χ4n) is 1.81. The van der Waals surface area contributed by atoms with Crippen LogP contribution in [0.25, 0.3) is 0 Å². The molecule has 0 fully saturated rings. The van der Waals surface area contributed by atoms with E-state index >= 15 is 0 Å². The monoisotopic (exact) mass is 359 g/mol. The molecule has 0 radical (unpaired) electrons. The minimum absolute atomic E-state index is 0.194. The highest BCUT2D eigenvalue weighted by Gasteiger charge is 2.30. The van der Waals surface area contributed by atoms with Crippen molar-refractivity contribution < 1.29 is 19.0 Å². The molecular formula is C15H22BrNO4. The number of nitrogens with one attached hydrogen (secondary N) is 1. The summed E-state index contributed by atoms with van der Waals surface area (Å²) >= 11 is 3.48. The predicted molar refractivity (Wildman–Crippen MR) is 84.7 cm³/mol. The van der Waals surface area contributed by atoms with Crippen LogP contribution in [0.5, 0.6) is 11.5 Å². The van der Waals surface area contributed by atoms with Gasteiger partial charge in [0.25, 0.3) is 0 Å². The summed E-state index contributed by atoms with van der Waals surface area (Å²) in [6.07, 6.45) is 0. The highest BCUT2D eigenvalue weighted by Crippen LogP contribution is 2.37. The first-order chi connectivity index (χ1) is 9.85. The smallest absolute Gasteiger partial charge is 0.314 e. The van der Waals surface area contributed by atoms with Crippen molar-refractivity contribution in [3.63, 3.8) is 0 Å². The Morgan fingerprint density at radius 3 is 2.52 bits per heavy atom. The zero-order valence-corrected chi connectivity index (χ0v) is 14.7. The van der Waals surface area contributed by atoms with Gasteiger partial charge in [0.05, 0.1) is 24.1 Å². The third-order valence-corrected chi connectivity index (χ3v) is 3.57. The van der Waals surface area contributed by atoms with Crippen LogP contribution in [0.1, 0.15) is 19.4 Å². The molecule has 1 N–H and O–H groups in total. The summed E-state index contributed by atoms with van der Waals surface area (Å²) in [5.41, 5.74) is 0.337. The summed E-state index contributed by atoms with van der Waals surface area (Å²) in [6.45, 7) is 4.46. The second-order valence-corrected chi connectivity index (χ2v) is 6.16. The van der Waals surface area contributed by atoms with Crippen LogP contribution in [-0.4, -0.2) is 33.8 Å². The summed E-state index contributed by atoms with van der Waals surface area (Å²) in [7, 11) is 4.83. The van der Waals surface area contributed by atoms with Crippen molar-refractivity contribution in [3.05, 3.63) is 22.2 Å². The summed E-state index contributed by atoms with van der Waals surface area (Å²) in [5, 5.41) is 3.08. The van der Waals surface area contributed by atoms with Crippen LogP contribution in [0.2, 0.25) is 0 Å². The minimum Gasteiger partial charge on any atom is -0.493 e. The van der Waals surface area contributed by atoms with Crippen molar-refractivity contribution in [2.45, 2.75) is 20.4 Å². The Morgan fingerprint density at radius 1 is 1.33 bits per heavy atom. The number of ether oxygens (including phenoxy) is 3. The van der Waals surface area contributed by atoms with Gasteiger partial charge in [0.15, 0.2) is 11.5 Å². The second kappa shape index (κ2) is 7.66. The molecule has 0 atom stereocenters. The topological polar surface area (TPSA) is 56.8 Å². The Hall–Kier alpha value is -1.27. The van der Waals surface area contributed by atoms with Crippen molar-refractivity contribution in [2.24, 2.45) is 5.41 Å². The van der Waals surface area contributed by atoms with Gasteiger partial charge in [0.1, 0.15) is 6.61 Å². The maximum Gasteiger partial charge on any atom is 0.314 e. The van der Waals surface area contributed by atoms with E-state index < -0.39 is 5.41 Å². The molecular weight excluding hydrogens is 338 g/mol. The molecule has 1 aromatic carbocycles. The molecule has 118 valence electrons. The number of esters is 1. The summed E-state index contributed by atoms with van der Waals surface area (Å²) < 4.78 is 16.7. The van der Waals surface area contributed by atoms with Crippen LogP contribution in [-0.2, 0) is 16.1 Å². The van der Waals surface area contributed by atoms with Crippen LogP contribution in [0, 0.1) is 5.41 Å². The van der Waals surface area contributed by atoms with Gasteiger partial charge in [0.2, 0.25) is 0 Å². The molecule has 0 saturated carbocycles. The lowest BCUT2D eigenvalue weighted by molar-refractivity contribution is -0.152. The van der Waals surface area contributed by atoms with Gasteiger partial charge in [-0.3, -0.25) is 4.79 Å². The molecule has 1 rings (SSSR count). The first-order valence-electron chi connectivity index (χ1n) is 6.58. The van der Waals surface area contributed by atoms with Gasteiger partial charge in [0, 0.05) is 6.54 Å². The highest BCUT2D eigenvalue weighted by molar-refractivity contribution is 9.10. The van der Waals surface area contributed by atoms with E-state index in [0.717, 1.165) is 16.6 Å². The van der Waals surface area contributed by atoms with E-state index in [1.807, 2.05) is 19.2 Å². The van der Waals surface area contributed by atoms with Gasteiger partial charge in [-0.15, -0.1) is 0 Å². The number of hydrogen-bond acceptors (Lipinski definition) is 5. The summed E-state index contributed by atoms with van der Waals surface area (Å²) in [6, 6.07) is 3.86. The largest absolute Gasteiger partial charge is 0.493 e. The quantitative estimate of drug-likeness (QED) is 0.758. The van der Waals surface area contributed by atoms with Crippen LogP contribution in [0.4, 0.5) is 0 Å². The predicted octanol–water partition coefficient (Wildman–Crippen LogP) is 2.76. The van der Waals surface area contributed by atoms with Gasteiger partial charge in [-0.05, 0) is 54.5 Å². The molecule has 0 heterocycles. The number of carbonyl (C=O) groups excluding carboxylic acids is 1. The van der Waals surface area contributed by atoms with Gasteiger partial charge < -0.3 is 19.5 Å². The number of halogens is 1. The number of benzene rings is 1. The average Bonchev–Trinajstić information content (AvgIpc) is 2.44. The maximum atomic E-state index is 11.7. The fourth-order valence-corrected chi connectivity index (χ4v) is 2.41. The van der Waals surface area contributed by atoms with E-state index in [-0.39, 0.29) is 12.6 Å². The molecule has 0 unspecified atom stereocenters. The molecule has 1 aromatic rings. The molecule has 0 spiro atoms. The van der Waals surface area contributed by atoms with Gasteiger partial charge in [-0.2, -0.15) is 0 Å².